The first-order chi connectivity index (χ1) is 9.72. The van der Waals surface area contributed by atoms with E-state index in [0.29, 0.717) is 6.54 Å². The summed E-state index contributed by atoms with van der Waals surface area (Å²) in [5.41, 5.74) is 0.0765. The minimum Gasteiger partial charge on any atom is -0.494 e. The van der Waals surface area contributed by atoms with Crippen LogP contribution in [0.4, 0.5) is 0 Å². The van der Waals surface area contributed by atoms with Crippen LogP contribution >= 0.6 is 11.6 Å². The molecule has 8 heteroatoms. The molecule has 1 amide bonds. The van der Waals surface area contributed by atoms with Gasteiger partial charge in [-0.15, -0.1) is 0 Å². The van der Waals surface area contributed by atoms with Gasteiger partial charge in [0.2, 0.25) is 10.0 Å². The SMILES string of the molecule is CCCCN(C)C(=O)c1cc(Cl)cc(S(N)(=O)=O)c1OC. The molecule has 0 heterocycles. The van der Waals surface area contributed by atoms with Crippen LogP contribution in [0.2, 0.25) is 5.02 Å². The zero-order valence-electron chi connectivity index (χ0n) is 12.2. The quantitative estimate of drug-likeness (QED) is 0.859. The minimum absolute atomic E-state index is 0.0765. The van der Waals surface area contributed by atoms with Crippen molar-refractivity contribution in [3.63, 3.8) is 0 Å². The van der Waals surface area contributed by atoms with Gasteiger partial charge in [0, 0.05) is 18.6 Å². The fourth-order valence-corrected chi connectivity index (χ4v) is 2.88. The molecule has 1 aromatic carbocycles. The number of nitrogens with two attached hydrogens (primary N) is 1. The predicted octanol–water partition coefficient (Wildman–Crippen LogP) is 1.87. The molecule has 1 rings (SSSR count). The predicted molar refractivity (Wildman–Crippen MR) is 81.2 cm³/mol. The number of carbonyl (C=O) groups excluding carboxylic acids is 1. The Balaban J connectivity index is 3.36. The number of ether oxygens (including phenoxy) is 1. The summed E-state index contributed by atoms with van der Waals surface area (Å²) in [6.07, 6.45) is 1.78. The Hall–Kier alpha value is -1.31. The molecule has 21 heavy (non-hydrogen) atoms. The Morgan fingerprint density at radius 2 is 2.05 bits per heavy atom. The Kier molecular flexibility index (Phi) is 6.00. The first kappa shape index (κ1) is 17.7. The molecule has 0 aliphatic rings. The fourth-order valence-electron chi connectivity index (χ4n) is 1.85. The van der Waals surface area contributed by atoms with Gasteiger partial charge in [-0.05, 0) is 18.6 Å². The monoisotopic (exact) mass is 334 g/mol. The highest BCUT2D eigenvalue weighted by Gasteiger charge is 2.25. The summed E-state index contributed by atoms with van der Waals surface area (Å²) in [4.78, 5) is 13.6. The number of sulfonamides is 1. The van der Waals surface area contributed by atoms with Crippen LogP contribution in [0.3, 0.4) is 0 Å². The summed E-state index contributed by atoms with van der Waals surface area (Å²) in [5, 5.41) is 5.24. The third-order valence-electron chi connectivity index (χ3n) is 2.95. The van der Waals surface area contributed by atoms with Crippen molar-refractivity contribution in [1.29, 1.82) is 0 Å². The van der Waals surface area contributed by atoms with Crippen LogP contribution < -0.4 is 9.88 Å². The van der Waals surface area contributed by atoms with E-state index in [1.807, 2.05) is 6.92 Å². The van der Waals surface area contributed by atoms with Gasteiger partial charge in [-0.25, -0.2) is 13.6 Å². The molecule has 0 atom stereocenters. The third kappa shape index (κ3) is 4.33. The van der Waals surface area contributed by atoms with Crippen LogP contribution in [0, 0.1) is 0 Å². The van der Waals surface area contributed by atoms with Gasteiger partial charge in [0.05, 0.1) is 12.7 Å². The lowest BCUT2D eigenvalue weighted by atomic mass is 10.1. The van der Waals surface area contributed by atoms with Gasteiger partial charge in [-0.2, -0.15) is 0 Å². The number of unbranched alkanes of at least 4 members (excludes halogenated alkanes) is 1. The number of halogens is 1. The van der Waals surface area contributed by atoms with Crippen molar-refractivity contribution in [3.05, 3.63) is 22.7 Å². The molecule has 118 valence electrons. The Morgan fingerprint density at radius 3 is 2.52 bits per heavy atom. The fraction of sp³-hybridized carbons (Fsp3) is 0.462. The average Bonchev–Trinajstić information content (AvgIpc) is 2.41. The van der Waals surface area contributed by atoms with Gasteiger partial charge < -0.3 is 9.64 Å². The van der Waals surface area contributed by atoms with Gasteiger partial charge >= 0.3 is 0 Å². The second kappa shape index (κ2) is 7.11. The molecular weight excluding hydrogens is 316 g/mol. The van der Waals surface area contributed by atoms with E-state index in [9.17, 15) is 13.2 Å². The van der Waals surface area contributed by atoms with Crippen LogP contribution in [0.1, 0.15) is 30.1 Å². The Morgan fingerprint density at radius 1 is 1.43 bits per heavy atom. The van der Waals surface area contributed by atoms with Crippen LogP contribution in [-0.2, 0) is 10.0 Å². The molecule has 0 aromatic heterocycles. The molecule has 0 aliphatic carbocycles. The van der Waals surface area contributed by atoms with Crippen molar-refractivity contribution in [2.24, 2.45) is 5.14 Å². The third-order valence-corrected chi connectivity index (χ3v) is 4.09. The van der Waals surface area contributed by atoms with E-state index in [1.54, 1.807) is 7.05 Å². The van der Waals surface area contributed by atoms with E-state index < -0.39 is 10.0 Å². The van der Waals surface area contributed by atoms with Crippen molar-refractivity contribution in [3.8, 4) is 5.75 Å². The number of carbonyl (C=O) groups is 1. The highest BCUT2D eigenvalue weighted by Crippen LogP contribution is 2.31. The largest absolute Gasteiger partial charge is 0.494 e. The number of hydrogen-bond acceptors (Lipinski definition) is 4. The van der Waals surface area contributed by atoms with E-state index >= 15 is 0 Å². The van der Waals surface area contributed by atoms with Crippen LogP contribution in [0.5, 0.6) is 5.75 Å². The second-order valence-electron chi connectivity index (χ2n) is 4.61. The number of benzene rings is 1. The molecule has 0 saturated heterocycles. The van der Waals surface area contributed by atoms with Crippen molar-refractivity contribution < 1.29 is 17.9 Å². The molecule has 0 radical (unpaired) electrons. The summed E-state index contributed by atoms with van der Waals surface area (Å²) in [7, 11) is -1.13. The number of methoxy groups -OCH3 is 1. The minimum atomic E-state index is -4.05. The van der Waals surface area contributed by atoms with E-state index in [1.165, 1.54) is 24.1 Å². The molecule has 1 aromatic rings. The lowest BCUT2D eigenvalue weighted by molar-refractivity contribution is 0.0789. The number of hydrogen-bond donors (Lipinski definition) is 1. The van der Waals surface area contributed by atoms with Crippen LogP contribution in [0.25, 0.3) is 0 Å². The summed E-state index contributed by atoms with van der Waals surface area (Å²) < 4.78 is 28.3. The molecule has 0 aliphatic heterocycles. The maximum absolute atomic E-state index is 12.4. The van der Waals surface area contributed by atoms with Crippen molar-refractivity contribution in [1.82, 2.24) is 4.90 Å². The first-order valence-electron chi connectivity index (χ1n) is 6.38. The highest BCUT2D eigenvalue weighted by atomic mass is 35.5. The highest BCUT2D eigenvalue weighted by molar-refractivity contribution is 7.89. The zero-order chi connectivity index (χ0) is 16.2. The maximum atomic E-state index is 12.4. The molecule has 0 fully saturated rings. The Bertz CT molecular complexity index is 631. The normalized spacial score (nSPS) is 11.3. The van der Waals surface area contributed by atoms with Crippen molar-refractivity contribution in [2.75, 3.05) is 20.7 Å². The molecule has 0 saturated carbocycles. The topological polar surface area (TPSA) is 89.7 Å². The molecular formula is C13H19ClN2O4S. The number of amides is 1. The van der Waals surface area contributed by atoms with Gasteiger partial charge in [-0.1, -0.05) is 24.9 Å². The maximum Gasteiger partial charge on any atom is 0.257 e. The van der Waals surface area contributed by atoms with E-state index in [4.69, 9.17) is 21.5 Å². The molecule has 0 unspecified atom stereocenters. The summed E-state index contributed by atoms with van der Waals surface area (Å²) >= 11 is 5.89. The van der Waals surface area contributed by atoms with Gasteiger partial charge in [0.25, 0.3) is 5.91 Å². The van der Waals surface area contributed by atoms with Crippen molar-refractivity contribution in [2.45, 2.75) is 24.7 Å². The molecule has 0 spiro atoms. The number of rotatable bonds is 6. The van der Waals surface area contributed by atoms with Gasteiger partial charge in [0.15, 0.2) is 5.75 Å². The molecule has 2 N–H and O–H groups in total. The van der Waals surface area contributed by atoms with Crippen LogP contribution in [-0.4, -0.2) is 39.9 Å². The first-order valence-corrected chi connectivity index (χ1v) is 8.30. The average molecular weight is 335 g/mol. The van der Waals surface area contributed by atoms with Crippen LogP contribution in [0.15, 0.2) is 17.0 Å². The van der Waals surface area contributed by atoms with E-state index in [0.717, 1.165) is 12.8 Å². The van der Waals surface area contributed by atoms with Gasteiger partial charge in [0.1, 0.15) is 4.90 Å². The standard InChI is InChI=1S/C13H19ClN2O4S/c1-4-5-6-16(2)13(17)10-7-9(14)8-11(12(10)20-3)21(15,18)19/h7-8H,4-6H2,1-3H3,(H2,15,18,19). The second-order valence-corrected chi connectivity index (χ2v) is 6.58. The molecule has 6 nitrogen and oxygen atoms in total. The number of nitrogens with zero attached hydrogens (tertiary/aromatic N) is 1. The zero-order valence-corrected chi connectivity index (χ0v) is 13.8. The number of primary sulfonamides is 1. The summed E-state index contributed by atoms with van der Waals surface area (Å²) in [6, 6.07) is 2.54. The molecule has 0 bridgehead atoms. The van der Waals surface area contributed by atoms with E-state index in [2.05, 4.69) is 0 Å². The Labute approximate surface area is 129 Å². The van der Waals surface area contributed by atoms with Gasteiger partial charge in [-0.3, -0.25) is 4.79 Å². The van der Waals surface area contributed by atoms with E-state index in [-0.39, 0.29) is 27.1 Å². The summed E-state index contributed by atoms with van der Waals surface area (Å²) in [6.45, 7) is 2.56. The summed E-state index contributed by atoms with van der Waals surface area (Å²) in [5.74, 6) is -0.456. The lowest BCUT2D eigenvalue weighted by Gasteiger charge is -2.19. The smallest absolute Gasteiger partial charge is 0.257 e. The lowest BCUT2D eigenvalue weighted by Crippen LogP contribution is -2.28. The van der Waals surface area contributed by atoms with Crippen molar-refractivity contribution >= 4 is 27.5 Å².